The molecule has 2 aromatic heterocycles. The van der Waals surface area contributed by atoms with Gasteiger partial charge in [-0.2, -0.15) is 10.2 Å². The Morgan fingerprint density at radius 3 is 2.72 bits per heavy atom. The van der Waals surface area contributed by atoms with Gasteiger partial charge in [0.2, 0.25) is 10.0 Å². The summed E-state index contributed by atoms with van der Waals surface area (Å²) in [5.74, 6) is 0. The Bertz CT molecular complexity index is 1020. The summed E-state index contributed by atoms with van der Waals surface area (Å²) in [5.41, 5.74) is 2.84. The highest BCUT2D eigenvalue weighted by molar-refractivity contribution is 7.88. The summed E-state index contributed by atoms with van der Waals surface area (Å²) in [7, 11) is -3.11. The first-order chi connectivity index (χ1) is 11.9. The van der Waals surface area contributed by atoms with Crippen LogP contribution in [-0.2, 0) is 10.0 Å². The van der Waals surface area contributed by atoms with Crippen molar-refractivity contribution in [3.63, 3.8) is 0 Å². The van der Waals surface area contributed by atoms with Crippen molar-refractivity contribution in [2.45, 2.75) is 18.9 Å². The van der Waals surface area contributed by atoms with E-state index in [1.54, 1.807) is 6.20 Å². The fourth-order valence-corrected chi connectivity index (χ4v) is 4.46. The quantitative estimate of drug-likeness (QED) is 0.758. The third kappa shape index (κ3) is 3.17. The first-order valence-electron chi connectivity index (χ1n) is 8.04. The van der Waals surface area contributed by atoms with Crippen LogP contribution in [0.15, 0.2) is 30.7 Å². The molecule has 0 saturated carbocycles. The van der Waals surface area contributed by atoms with E-state index in [1.807, 2.05) is 29.2 Å². The lowest BCUT2D eigenvalue weighted by Crippen LogP contribution is -2.38. The number of aromatic amines is 1. The van der Waals surface area contributed by atoms with Crippen molar-refractivity contribution < 1.29 is 8.42 Å². The van der Waals surface area contributed by atoms with E-state index in [9.17, 15) is 8.42 Å². The van der Waals surface area contributed by atoms with Crippen LogP contribution in [0.25, 0.3) is 22.0 Å². The zero-order valence-electron chi connectivity index (χ0n) is 13.7. The minimum Gasteiger partial charge on any atom is -0.278 e. The number of hydrogen-bond donors (Lipinski definition) is 1. The van der Waals surface area contributed by atoms with E-state index in [2.05, 4.69) is 15.3 Å². The second kappa shape index (κ2) is 6.12. The van der Waals surface area contributed by atoms with Crippen molar-refractivity contribution in [1.82, 2.24) is 24.3 Å². The zero-order chi connectivity index (χ0) is 17.6. The van der Waals surface area contributed by atoms with Gasteiger partial charge in [0, 0.05) is 35.3 Å². The fourth-order valence-electron chi connectivity index (χ4n) is 3.37. The summed E-state index contributed by atoms with van der Waals surface area (Å²) in [5, 5.41) is 13.2. The topological polar surface area (TPSA) is 83.9 Å². The normalized spacial score (nSPS) is 17.4. The van der Waals surface area contributed by atoms with Gasteiger partial charge in [-0.1, -0.05) is 11.6 Å². The van der Waals surface area contributed by atoms with Crippen LogP contribution in [0.3, 0.4) is 0 Å². The molecular weight excluding hydrogens is 362 g/mol. The maximum Gasteiger partial charge on any atom is 0.211 e. The van der Waals surface area contributed by atoms with Gasteiger partial charge in [0.05, 0.1) is 30.2 Å². The molecule has 0 atom stereocenters. The van der Waals surface area contributed by atoms with Crippen LogP contribution in [0.5, 0.6) is 0 Å². The lowest BCUT2D eigenvalue weighted by Gasteiger charge is -2.30. The maximum atomic E-state index is 11.6. The third-order valence-corrected chi connectivity index (χ3v) is 6.22. The predicted molar refractivity (Wildman–Crippen MR) is 97.0 cm³/mol. The number of nitrogens with zero attached hydrogens (tertiary/aromatic N) is 4. The van der Waals surface area contributed by atoms with Gasteiger partial charge < -0.3 is 0 Å². The molecule has 1 saturated heterocycles. The van der Waals surface area contributed by atoms with E-state index in [-0.39, 0.29) is 6.04 Å². The van der Waals surface area contributed by atoms with Crippen molar-refractivity contribution in [2.24, 2.45) is 0 Å². The molecule has 3 heterocycles. The van der Waals surface area contributed by atoms with Gasteiger partial charge in [-0.3, -0.25) is 9.78 Å². The van der Waals surface area contributed by atoms with E-state index in [0.717, 1.165) is 34.9 Å². The van der Waals surface area contributed by atoms with Crippen LogP contribution in [0.4, 0.5) is 0 Å². The molecule has 1 N–H and O–H groups in total. The van der Waals surface area contributed by atoms with Gasteiger partial charge in [0.1, 0.15) is 0 Å². The van der Waals surface area contributed by atoms with E-state index in [1.165, 1.54) is 10.6 Å². The van der Waals surface area contributed by atoms with Gasteiger partial charge in [-0.25, -0.2) is 12.7 Å². The molecule has 4 rings (SSSR count). The van der Waals surface area contributed by atoms with Crippen LogP contribution in [0.1, 0.15) is 18.9 Å². The van der Waals surface area contributed by atoms with Gasteiger partial charge >= 0.3 is 0 Å². The maximum absolute atomic E-state index is 11.6. The third-order valence-electron chi connectivity index (χ3n) is 4.70. The predicted octanol–water partition coefficient (Wildman–Crippen LogP) is 2.68. The van der Waals surface area contributed by atoms with Crippen molar-refractivity contribution in [3.8, 4) is 11.1 Å². The van der Waals surface area contributed by atoms with Gasteiger partial charge in [0.15, 0.2) is 0 Å². The first-order valence-corrected chi connectivity index (χ1v) is 10.3. The molecule has 1 aromatic carbocycles. The van der Waals surface area contributed by atoms with E-state index in [0.29, 0.717) is 18.1 Å². The Kier molecular flexibility index (Phi) is 4.05. The number of aromatic nitrogens is 4. The number of H-pyrrole nitrogens is 1. The van der Waals surface area contributed by atoms with E-state index in [4.69, 9.17) is 11.6 Å². The zero-order valence-corrected chi connectivity index (χ0v) is 15.3. The van der Waals surface area contributed by atoms with Crippen molar-refractivity contribution in [2.75, 3.05) is 19.3 Å². The molecule has 0 amide bonds. The largest absolute Gasteiger partial charge is 0.278 e. The average molecular weight is 380 g/mol. The molecule has 0 unspecified atom stereocenters. The smallest absolute Gasteiger partial charge is 0.211 e. The summed E-state index contributed by atoms with van der Waals surface area (Å²) in [4.78, 5) is 0. The summed E-state index contributed by atoms with van der Waals surface area (Å²) >= 11 is 6.21. The Hall–Kier alpha value is -1.90. The molecule has 1 aliphatic rings. The monoisotopic (exact) mass is 379 g/mol. The number of rotatable bonds is 3. The first kappa shape index (κ1) is 16.6. The Labute approximate surface area is 150 Å². The molecule has 0 spiro atoms. The molecule has 132 valence electrons. The number of hydrogen-bond acceptors (Lipinski definition) is 4. The van der Waals surface area contributed by atoms with Crippen LogP contribution in [0, 0.1) is 0 Å². The molecule has 1 aliphatic heterocycles. The standard InChI is InChI=1S/C16H18ClN5O2S/c1-25(23,24)21-4-2-13(3-5-21)22-10-11(8-19-22)14-6-12(17)7-16-15(14)9-18-20-16/h6-10,13H,2-5H2,1H3,(H,18,20). The number of sulfonamides is 1. The van der Waals surface area contributed by atoms with E-state index >= 15 is 0 Å². The van der Waals surface area contributed by atoms with Gasteiger partial charge in [-0.05, 0) is 30.5 Å². The molecule has 7 nitrogen and oxygen atoms in total. The second-order valence-corrected chi connectivity index (χ2v) is 8.81. The molecular formula is C16H18ClN5O2S. The molecule has 0 aliphatic carbocycles. The molecule has 3 aromatic rings. The van der Waals surface area contributed by atoms with Crippen molar-refractivity contribution >= 4 is 32.5 Å². The number of nitrogens with one attached hydrogen (secondary N) is 1. The Morgan fingerprint density at radius 1 is 1.24 bits per heavy atom. The fraction of sp³-hybridized carbons (Fsp3) is 0.375. The minimum absolute atomic E-state index is 0.200. The highest BCUT2D eigenvalue weighted by Crippen LogP contribution is 2.32. The molecule has 0 radical (unpaired) electrons. The van der Waals surface area contributed by atoms with Crippen LogP contribution in [-0.4, -0.2) is 52.0 Å². The number of benzene rings is 1. The lowest BCUT2D eigenvalue weighted by atomic mass is 10.0. The number of fused-ring (bicyclic) bond motifs is 1. The highest BCUT2D eigenvalue weighted by atomic mass is 35.5. The summed E-state index contributed by atoms with van der Waals surface area (Å²) in [6.07, 6.45) is 8.37. The highest BCUT2D eigenvalue weighted by Gasteiger charge is 2.26. The molecule has 1 fully saturated rings. The number of piperidine rings is 1. The summed E-state index contributed by atoms with van der Waals surface area (Å²) < 4.78 is 26.7. The van der Waals surface area contributed by atoms with Gasteiger partial charge in [0.25, 0.3) is 0 Å². The second-order valence-electron chi connectivity index (χ2n) is 6.39. The lowest BCUT2D eigenvalue weighted by molar-refractivity contribution is 0.262. The van der Waals surface area contributed by atoms with Crippen LogP contribution in [0.2, 0.25) is 5.02 Å². The Balaban J connectivity index is 1.60. The molecule has 25 heavy (non-hydrogen) atoms. The minimum atomic E-state index is -3.11. The van der Waals surface area contributed by atoms with E-state index < -0.39 is 10.0 Å². The average Bonchev–Trinajstić information content (AvgIpc) is 3.22. The summed E-state index contributed by atoms with van der Waals surface area (Å²) in [6.45, 7) is 1.06. The van der Waals surface area contributed by atoms with Crippen molar-refractivity contribution in [1.29, 1.82) is 0 Å². The molecule has 9 heteroatoms. The summed E-state index contributed by atoms with van der Waals surface area (Å²) in [6, 6.07) is 3.96. The van der Waals surface area contributed by atoms with Crippen LogP contribution < -0.4 is 0 Å². The van der Waals surface area contributed by atoms with Gasteiger partial charge in [-0.15, -0.1) is 0 Å². The number of halogens is 1. The SMILES string of the molecule is CS(=O)(=O)N1CCC(n2cc(-c3cc(Cl)cc4[nH]ncc34)cn2)CC1. The molecule has 0 bridgehead atoms. The van der Waals surface area contributed by atoms with Crippen LogP contribution >= 0.6 is 11.6 Å². The van der Waals surface area contributed by atoms with Crippen molar-refractivity contribution in [3.05, 3.63) is 35.7 Å². The Morgan fingerprint density at radius 2 is 2.00 bits per heavy atom.